The van der Waals surface area contributed by atoms with Crippen molar-refractivity contribution in [3.05, 3.63) is 72.6 Å². The van der Waals surface area contributed by atoms with E-state index >= 15 is 0 Å². The highest BCUT2D eigenvalue weighted by atomic mass is 32.2. The van der Waals surface area contributed by atoms with E-state index in [-0.39, 0.29) is 4.90 Å². The molecule has 138 valence electrons. The van der Waals surface area contributed by atoms with Gasteiger partial charge in [0.05, 0.1) is 21.5 Å². The first kappa shape index (κ1) is 16.6. The maximum atomic E-state index is 12.9. The standard InChI is InChI=1S/C20H15N5O2S/c26-28(27)17-9-2-1-5-13(17)12-22-20-18-15(7-3-8-16(18)25-28)23-19(24-20)14-6-4-10-21-11-14/h1-11,25H,12H2,(H,22,23,24). The lowest BCUT2D eigenvalue weighted by atomic mass is 10.1. The fourth-order valence-corrected chi connectivity index (χ4v) is 4.62. The molecule has 0 fully saturated rings. The van der Waals surface area contributed by atoms with E-state index in [9.17, 15) is 8.42 Å². The molecular formula is C20H15N5O2S. The highest BCUT2D eigenvalue weighted by Gasteiger charge is 2.23. The summed E-state index contributed by atoms with van der Waals surface area (Å²) in [6.45, 7) is 0.323. The van der Waals surface area contributed by atoms with Crippen molar-refractivity contribution >= 4 is 32.4 Å². The Hall–Kier alpha value is -3.52. The second kappa shape index (κ2) is 6.28. The number of sulfonamides is 1. The van der Waals surface area contributed by atoms with E-state index in [0.717, 1.165) is 5.56 Å². The number of hydrogen-bond donors (Lipinski definition) is 2. The SMILES string of the molecule is O=S1(=O)Nc2cccc3nc(-c4cccnc4)nc(c23)NCc2ccccc21. The van der Waals surface area contributed by atoms with Gasteiger partial charge in [0.25, 0.3) is 10.0 Å². The van der Waals surface area contributed by atoms with Crippen LogP contribution < -0.4 is 10.0 Å². The van der Waals surface area contributed by atoms with E-state index in [1.165, 1.54) is 0 Å². The average molecular weight is 389 g/mol. The first-order chi connectivity index (χ1) is 13.6. The number of anilines is 2. The lowest BCUT2D eigenvalue weighted by Crippen LogP contribution is -2.15. The van der Waals surface area contributed by atoms with Gasteiger partial charge in [-0.2, -0.15) is 0 Å². The molecule has 0 saturated carbocycles. The molecule has 0 aliphatic carbocycles. The van der Waals surface area contributed by atoms with Crippen molar-refractivity contribution in [2.45, 2.75) is 11.4 Å². The Kier molecular flexibility index (Phi) is 3.73. The van der Waals surface area contributed by atoms with E-state index in [4.69, 9.17) is 0 Å². The van der Waals surface area contributed by atoms with E-state index < -0.39 is 10.0 Å². The minimum absolute atomic E-state index is 0.243. The second-order valence-electron chi connectivity index (χ2n) is 6.40. The Morgan fingerprint density at radius 2 is 1.82 bits per heavy atom. The molecule has 1 aliphatic rings. The van der Waals surface area contributed by atoms with Gasteiger partial charge in [0.15, 0.2) is 5.82 Å². The third-order valence-corrected chi connectivity index (χ3v) is 6.06. The first-order valence-corrected chi connectivity index (χ1v) is 10.2. The highest BCUT2D eigenvalue weighted by Crippen LogP contribution is 2.34. The van der Waals surface area contributed by atoms with Gasteiger partial charge in [-0.1, -0.05) is 24.3 Å². The summed E-state index contributed by atoms with van der Waals surface area (Å²) >= 11 is 0. The molecule has 2 N–H and O–H groups in total. The maximum Gasteiger partial charge on any atom is 0.262 e. The molecule has 0 radical (unpaired) electrons. The summed E-state index contributed by atoms with van der Waals surface area (Å²) in [5, 5.41) is 3.93. The van der Waals surface area contributed by atoms with E-state index in [2.05, 4.69) is 25.0 Å². The smallest absolute Gasteiger partial charge is 0.262 e. The van der Waals surface area contributed by atoms with Crippen LogP contribution in [0.4, 0.5) is 11.5 Å². The summed E-state index contributed by atoms with van der Waals surface area (Å²) in [7, 11) is -3.73. The molecule has 0 atom stereocenters. The van der Waals surface area contributed by atoms with E-state index in [1.807, 2.05) is 24.3 Å². The van der Waals surface area contributed by atoms with E-state index in [0.29, 0.717) is 40.3 Å². The summed E-state index contributed by atoms with van der Waals surface area (Å²) in [5.74, 6) is 1.09. The van der Waals surface area contributed by atoms with Crippen LogP contribution in [0.25, 0.3) is 22.3 Å². The summed E-state index contributed by atoms with van der Waals surface area (Å²) in [6, 6.07) is 16.0. The molecule has 5 rings (SSSR count). The third kappa shape index (κ3) is 2.74. The van der Waals surface area contributed by atoms with E-state index in [1.54, 1.807) is 42.7 Å². The van der Waals surface area contributed by atoms with Gasteiger partial charge in [-0.25, -0.2) is 18.4 Å². The molecule has 7 nitrogen and oxygen atoms in total. The van der Waals surface area contributed by atoms with Crippen molar-refractivity contribution in [2.24, 2.45) is 0 Å². The highest BCUT2D eigenvalue weighted by molar-refractivity contribution is 7.92. The second-order valence-corrected chi connectivity index (χ2v) is 8.05. The third-order valence-electron chi connectivity index (χ3n) is 4.60. The van der Waals surface area contributed by atoms with Crippen LogP contribution in [0, 0.1) is 0 Å². The summed E-state index contributed by atoms with van der Waals surface area (Å²) in [5.41, 5.74) is 2.53. The molecule has 8 heteroatoms. The molecule has 1 aliphatic heterocycles. The van der Waals surface area contributed by atoms with Crippen molar-refractivity contribution in [1.82, 2.24) is 15.0 Å². The van der Waals surface area contributed by atoms with Crippen LogP contribution >= 0.6 is 0 Å². The molecule has 0 amide bonds. The van der Waals surface area contributed by atoms with Crippen molar-refractivity contribution in [3.8, 4) is 11.4 Å². The zero-order valence-corrected chi connectivity index (χ0v) is 15.4. The van der Waals surface area contributed by atoms with Crippen LogP contribution in [0.15, 0.2) is 71.9 Å². The normalized spacial score (nSPS) is 14.7. The largest absolute Gasteiger partial charge is 0.365 e. The number of fused-ring (bicyclic) bond motifs is 1. The number of nitrogens with zero attached hydrogens (tertiary/aromatic N) is 3. The molecule has 0 bridgehead atoms. The van der Waals surface area contributed by atoms with Gasteiger partial charge in [0.2, 0.25) is 0 Å². The zero-order chi connectivity index (χ0) is 19.1. The maximum absolute atomic E-state index is 12.9. The molecule has 4 aromatic rings. The molecule has 2 aromatic heterocycles. The van der Waals surface area contributed by atoms with Gasteiger partial charge in [0.1, 0.15) is 5.82 Å². The molecule has 0 saturated heterocycles. The van der Waals surface area contributed by atoms with Crippen LogP contribution in [0.1, 0.15) is 5.56 Å². The molecule has 2 aromatic carbocycles. The van der Waals surface area contributed by atoms with Gasteiger partial charge < -0.3 is 5.32 Å². The lowest BCUT2D eigenvalue weighted by molar-refractivity contribution is 0.600. The van der Waals surface area contributed by atoms with Crippen molar-refractivity contribution in [2.75, 3.05) is 10.0 Å². The topological polar surface area (TPSA) is 96.9 Å². The van der Waals surface area contributed by atoms with Crippen molar-refractivity contribution < 1.29 is 8.42 Å². The monoisotopic (exact) mass is 389 g/mol. The predicted molar refractivity (Wildman–Crippen MR) is 107 cm³/mol. The van der Waals surface area contributed by atoms with Gasteiger partial charge in [-0.05, 0) is 35.9 Å². The Labute approximate surface area is 161 Å². The van der Waals surface area contributed by atoms with Gasteiger partial charge >= 0.3 is 0 Å². The zero-order valence-electron chi connectivity index (χ0n) is 14.6. The minimum Gasteiger partial charge on any atom is -0.365 e. The Bertz CT molecular complexity index is 1310. The minimum atomic E-state index is -3.73. The molecule has 3 heterocycles. The number of benzene rings is 2. The summed E-state index contributed by atoms with van der Waals surface area (Å²) in [4.78, 5) is 13.7. The number of pyridine rings is 1. The molecular weight excluding hydrogens is 374 g/mol. The van der Waals surface area contributed by atoms with Crippen LogP contribution in [0.3, 0.4) is 0 Å². The fraction of sp³-hybridized carbons (Fsp3) is 0.0500. The average Bonchev–Trinajstić information content (AvgIpc) is 2.76. The van der Waals surface area contributed by atoms with Crippen LogP contribution in [-0.4, -0.2) is 23.4 Å². The number of rotatable bonds is 1. The number of nitrogens with one attached hydrogen (secondary N) is 2. The Morgan fingerprint density at radius 1 is 0.929 bits per heavy atom. The van der Waals surface area contributed by atoms with Gasteiger partial charge in [0, 0.05) is 24.5 Å². The first-order valence-electron chi connectivity index (χ1n) is 8.67. The predicted octanol–water partition coefficient (Wildman–Crippen LogP) is 3.42. The van der Waals surface area contributed by atoms with Crippen molar-refractivity contribution in [1.29, 1.82) is 0 Å². The van der Waals surface area contributed by atoms with Gasteiger partial charge in [-0.3, -0.25) is 9.71 Å². The summed E-state index contributed by atoms with van der Waals surface area (Å²) < 4.78 is 28.6. The molecule has 0 spiro atoms. The fourth-order valence-electron chi connectivity index (χ4n) is 3.31. The van der Waals surface area contributed by atoms with Crippen LogP contribution in [-0.2, 0) is 16.6 Å². The Morgan fingerprint density at radius 3 is 2.68 bits per heavy atom. The summed E-state index contributed by atoms with van der Waals surface area (Å²) in [6.07, 6.45) is 3.39. The number of aromatic nitrogens is 3. The molecule has 0 unspecified atom stereocenters. The Balaban J connectivity index is 1.77. The lowest BCUT2D eigenvalue weighted by Gasteiger charge is -2.12. The van der Waals surface area contributed by atoms with Gasteiger partial charge in [-0.15, -0.1) is 0 Å². The van der Waals surface area contributed by atoms with Crippen LogP contribution in [0.2, 0.25) is 0 Å². The number of hydrogen-bond acceptors (Lipinski definition) is 6. The van der Waals surface area contributed by atoms with Crippen LogP contribution in [0.5, 0.6) is 0 Å². The quantitative estimate of drug-likeness (QED) is 0.518. The molecule has 28 heavy (non-hydrogen) atoms. The van der Waals surface area contributed by atoms with Crippen molar-refractivity contribution in [3.63, 3.8) is 0 Å².